The van der Waals surface area contributed by atoms with Gasteiger partial charge in [0, 0.05) is 31.1 Å². The zero-order valence-corrected chi connectivity index (χ0v) is 21.9. The van der Waals surface area contributed by atoms with E-state index in [9.17, 15) is 19.2 Å². The van der Waals surface area contributed by atoms with E-state index in [-0.39, 0.29) is 29.7 Å². The molecular weight excluding hydrogens is 484 g/mol. The Morgan fingerprint density at radius 3 is 2.26 bits per heavy atom. The number of hydrogen-bond acceptors (Lipinski definition) is 6. The van der Waals surface area contributed by atoms with Gasteiger partial charge in [0.1, 0.15) is 6.10 Å². The van der Waals surface area contributed by atoms with Crippen LogP contribution in [0.25, 0.3) is 0 Å². The summed E-state index contributed by atoms with van der Waals surface area (Å²) >= 11 is 0. The molecule has 0 spiro atoms. The van der Waals surface area contributed by atoms with Crippen molar-refractivity contribution in [2.75, 3.05) is 20.2 Å². The van der Waals surface area contributed by atoms with Crippen LogP contribution in [0.5, 0.6) is 0 Å². The van der Waals surface area contributed by atoms with Crippen molar-refractivity contribution >= 4 is 23.6 Å². The standard InChI is InChI=1S/C30H34N2O6/c1-20-26(22-12-8-5-9-13-22)38-24(30(2,27(20)34)29(36)37-3)18-25(33)32-16-14-23(15-17-32)28(35)31-19-21-10-6-4-7-11-21/h4-13,23-24,26H,1,14-19H2,2-3H3,(H,31,35)/t24-,26-,30-/m1/s1. The van der Waals surface area contributed by atoms with Gasteiger partial charge in [-0.05, 0) is 30.9 Å². The van der Waals surface area contributed by atoms with Crippen LogP contribution in [0, 0.1) is 11.3 Å². The highest BCUT2D eigenvalue weighted by molar-refractivity contribution is 6.13. The van der Waals surface area contributed by atoms with E-state index >= 15 is 0 Å². The number of carbonyl (C=O) groups excluding carboxylic acids is 4. The van der Waals surface area contributed by atoms with Crippen LogP contribution >= 0.6 is 0 Å². The van der Waals surface area contributed by atoms with Gasteiger partial charge in [0.25, 0.3) is 0 Å². The molecule has 4 rings (SSSR count). The van der Waals surface area contributed by atoms with Crippen LogP contribution in [0.3, 0.4) is 0 Å². The summed E-state index contributed by atoms with van der Waals surface area (Å²) in [5.74, 6) is -1.69. The molecule has 200 valence electrons. The molecular formula is C30H34N2O6. The van der Waals surface area contributed by atoms with Crippen LogP contribution in [0.15, 0.2) is 72.8 Å². The van der Waals surface area contributed by atoms with Gasteiger partial charge in [-0.2, -0.15) is 0 Å². The third-order valence-electron chi connectivity index (χ3n) is 7.62. The maximum absolute atomic E-state index is 13.4. The summed E-state index contributed by atoms with van der Waals surface area (Å²) in [6.45, 7) is 6.65. The highest BCUT2D eigenvalue weighted by atomic mass is 16.5. The van der Waals surface area contributed by atoms with E-state index in [4.69, 9.17) is 9.47 Å². The molecule has 3 atom stereocenters. The van der Waals surface area contributed by atoms with E-state index in [0.29, 0.717) is 32.5 Å². The number of likely N-dealkylation sites (tertiary alicyclic amines) is 1. The van der Waals surface area contributed by atoms with Gasteiger partial charge in [0.05, 0.1) is 19.6 Å². The van der Waals surface area contributed by atoms with Crippen molar-refractivity contribution in [1.82, 2.24) is 10.2 Å². The van der Waals surface area contributed by atoms with Gasteiger partial charge in [-0.15, -0.1) is 0 Å². The Hall–Kier alpha value is -3.78. The van der Waals surface area contributed by atoms with E-state index in [1.165, 1.54) is 14.0 Å². The molecule has 38 heavy (non-hydrogen) atoms. The third kappa shape index (κ3) is 5.55. The van der Waals surface area contributed by atoms with Crippen LogP contribution in [0.2, 0.25) is 0 Å². The van der Waals surface area contributed by atoms with Crippen molar-refractivity contribution in [3.63, 3.8) is 0 Å². The number of carbonyl (C=O) groups is 4. The molecule has 2 fully saturated rings. The number of amides is 2. The van der Waals surface area contributed by atoms with Crippen LogP contribution in [0.4, 0.5) is 0 Å². The molecule has 2 aromatic rings. The quantitative estimate of drug-likeness (QED) is 0.343. The molecule has 0 aliphatic carbocycles. The average Bonchev–Trinajstić information content (AvgIpc) is 2.96. The maximum atomic E-state index is 13.4. The van der Waals surface area contributed by atoms with Gasteiger partial charge in [-0.3, -0.25) is 19.2 Å². The molecule has 8 heteroatoms. The molecule has 0 radical (unpaired) electrons. The number of nitrogens with zero attached hydrogens (tertiary/aromatic N) is 1. The topological polar surface area (TPSA) is 102 Å². The summed E-state index contributed by atoms with van der Waals surface area (Å²) in [6.07, 6.45) is -0.891. The van der Waals surface area contributed by atoms with Crippen molar-refractivity contribution in [2.24, 2.45) is 11.3 Å². The van der Waals surface area contributed by atoms with Gasteiger partial charge < -0.3 is 19.7 Å². The normalized spacial score (nSPS) is 24.1. The fourth-order valence-corrected chi connectivity index (χ4v) is 5.19. The van der Waals surface area contributed by atoms with E-state index in [1.807, 2.05) is 60.7 Å². The van der Waals surface area contributed by atoms with Gasteiger partial charge >= 0.3 is 5.97 Å². The fourth-order valence-electron chi connectivity index (χ4n) is 5.19. The van der Waals surface area contributed by atoms with Crippen molar-refractivity contribution in [1.29, 1.82) is 0 Å². The summed E-state index contributed by atoms with van der Waals surface area (Å²) < 4.78 is 11.2. The number of ether oxygens (including phenoxy) is 2. The van der Waals surface area contributed by atoms with Crippen molar-refractivity contribution in [3.05, 3.63) is 83.9 Å². The summed E-state index contributed by atoms with van der Waals surface area (Å²) in [6, 6.07) is 18.8. The number of hydrogen-bond donors (Lipinski definition) is 1. The summed E-state index contributed by atoms with van der Waals surface area (Å²) in [7, 11) is 1.21. The zero-order valence-electron chi connectivity index (χ0n) is 21.9. The second-order valence-electron chi connectivity index (χ2n) is 10.0. The largest absolute Gasteiger partial charge is 0.468 e. The molecule has 2 aromatic carbocycles. The molecule has 0 unspecified atom stereocenters. The van der Waals surface area contributed by atoms with Crippen LogP contribution < -0.4 is 5.32 Å². The Morgan fingerprint density at radius 1 is 1.05 bits per heavy atom. The molecule has 2 saturated heterocycles. The predicted molar refractivity (Wildman–Crippen MR) is 141 cm³/mol. The highest BCUT2D eigenvalue weighted by Crippen LogP contribution is 2.44. The van der Waals surface area contributed by atoms with Crippen molar-refractivity contribution < 1.29 is 28.7 Å². The second-order valence-corrected chi connectivity index (χ2v) is 10.0. The van der Waals surface area contributed by atoms with Crippen LogP contribution in [-0.2, 0) is 35.2 Å². The first-order valence-electron chi connectivity index (χ1n) is 12.9. The van der Waals surface area contributed by atoms with E-state index in [2.05, 4.69) is 11.9 Å². The number of Topliss-reactive ketones (excluding diaryl/α,β-unsaturated/α-hetero) is 1. The number of ketones is 1. The molecule has 2 heterocycles. The minimum atomic E-state index is -1.69. The lowest BCUT2D eigenvalue weighted by Gasteiger charge is -2.42. The Kier molecular flexibility index (Phi) is 8.42. The van der Waals surface area contributed by atoms with Gasteiger partial charge in [-0.25, -0.2) is 0 Å². The van der Waals surface area contributed by atoms with Gasteiger partial charge in [0.2, 0.25) is 11.8 Å². The molecule has 1 N–H and O–H groups in total. The monoisotopic (exact) mass is 518 g/mol. The molecule has 0 saturated carbocycles. The van der Waals surface area contributed by atoms with Crippen LogP contribution in [-0.4, -0.2) is 54.8 Å². The van der Waals surface area contributed by atoms with E-state index < -0.39 is 29.4 Å². The number of piperidine rings is 1. The number of rotatable bonds is 7. The third-order valence-corrected chi connectivity index (χ3v) is 7.62. The Balaban J connectivity index is 1.41. The first kappa shape index (κ1) is 27.3. The van der Waals surface area contributed by atoms with E-state index in [0.717, 1.165) is 11.1 Å². The molecule has 8 nitrogen and oxygen atoms in total. The zero-order chi connectivity index (χ0) is 27.3. The number of benzene rings is 2. The molecule has 2 aliphatic heterocycles. The first-order chi connectivity index (χ1) is 18.3. The highest BCUT2D eigenvalue weighted by Gasteiger charge is 2.56. The Labute approximate surface area is 223 Å². The first-order valence-corrected chi connectivity index (χ1v) is 12.9. The van der Waals surface area contributed by atoms with Gasteiger partial charge in [0.15, 0.2) is 11.2 Å². The summed E-state index contributed by atoms with van der Waals surface area (Å²) in [5.41, 5.74) is 0.205. The lowest BCUT2D eigenvalue weighted by atomic mass is 9.72. The van der Waals surface area contributed by atoms with E-state index in [1.54, 1.807) is 4.90 Å². The Morgan fingerprint density at radius 2 is 1.66 bits per heavy atom. The average molecular weight is 519 g/mol. The summed E-state index contributed by atoms with van der Waals surface area (Å²) in [5, 5.41) is 2.98. The molecule has 2 aliphatic rings. The maximum Gasteiger partial charge on any atom is 0.322 e. The summed E-state index contributed by atoms with van der Waals surface area (Å²) in [4.78, 5) is 53.9. The number of esters is 1. The Bertz CT molecular complexity index is 1190. The van der Waals surface area contributed by atoms with Crippen molar-refractivity contribution in [3.8, 4) is 0 Å². The number of methoxy groups -OCH3 is 1. The molecule has 0 aromatic heterocycles. The smallest absolute Gasteiger partial charge is 0.322 e. The fraction of sp³-hybridized carbons (Fsp3) is 0.400. The lowest BCUT2D eigenvalue weighted by molar-refractivity contribution is -0.178. The SMILES string of the molecule is C=C1C(=O)[C@](C)(C(=O)OC)[C@@H](CC(=O)N2CCC(C(=O)NCc3ccccc3)CC2)O[C@H]1c1ccccc1. The minimum Gasteiger partial charge on any atom is -0.468 e. The second kappa shape index (κ2) is 11.7. The minimum absolute atomic E-state index is 0.0235. The van der Waals surface area contributed by atoms with Crippen LogP contribution in [0.1, 0.15) is 43.4 Å². The molecule has 0 bridgehead atoms. The van der Waals surface area contributed by atoms with Crippen molar-refractivity contribution in [2.45, 2.75) is 44.9 Å². The van der Waals surface area contributed by atoms with Gasteiger partial charge in [-0.1, -0.05) is 67.2 Å². The predicted octanol–water partition coefficient (Wildman–Crippen LogP) is 3.38. The molecule has 2 amide bonds. The number of nitrogens with one attached hydrogen (secondary N) is 1. The lowest BCUT2D eigenvalue weighted by Crippen LogP contribution is -2.55.